The van der Waals surface area contributed by atoms with E-state index in [2.05, 4.69) is 4.99 Å². The number of aliphatic hydroxyl groups excluding tert-OH is 1. The maximum Gasteiger partial charge on any atom is 0.137 e. The molecule has 0 bridgehead atoms. The second kappa shape index (κ2) is 8.89. The number of fused-ring (bicyclic) bond motifs is 2. The third-order valence-electron chi connectivity index (χ3n) is 3.69. The van der Waals surface area contributed by atoms with Crippen molar-refractivity contribution in [2.24, 2.45) is 4.99 Å². The van der Waals surface area contributed by atoms with E-state index in [1.807, 2.05) is 0 Å². The van der Waals surface area contributed by atoms with E-state index in [-0.39, 0.29) is 36.0 Å². The van der Waals surface area contributed by atoms with Gasteiger partial charge in [0.1, 0.15) is 5.84 Å². The molecule has 2 heterocycles. The molecule has 142 valence electrons. The van der Waals surface area contributed by atoms with Gasteiger partial charge in [-0.15, -0.1) is 0 Å². The first kappa shape index (κ1) is 9.09. The van der Waals surface area contributed by atoms with Crippen LogP contribution in [0.1, 0.15) is 22.0 Å². The van der Waals surface area contributed by atoms with Crippen LogP contribution in [-0.2, 0) is 4.74 Å². The first-order chi connectivity index (χ1) is 18.0. The third-order valence-corrected chi connectivity index (χ3v) is 4.77. The van der Waals surface area contributed by atoms with Crippen LogP contribution < -0.4 is 0 Å². The number of para-hydroxylation sites is 1. The number of nitrogens with zero attached hydrogens (tertiary/aromatic N) is 3. The number of benzene rings is 2. The summed E-state index contributed by atoms with van der Waals surface area (Å²) in [6, 6.07) is 4.09. The van der Waals surface area contributed by atoms with Crippen molar-refractivity contribution in [3.05, 3.63) is 54.0 Å². The van der Waals surface area contributed by atoms with Gasteiger partial charge in [-0.05, 0) is 18.2 Å². The quantitative estimate of drug-likeness (QED) is 0.789. The van der Waals surface area contributed by atoms with E-state index >= 15 is 0 Å². The Kier molecular flexibility index (Phi) is 2.99. The summed E-state index contributed by atoms with van der Waals surface area (Å²) in [5.41, 5.74) is -0.209. The summed E-state index contributed by atoms with van der Waals surface area (Å²) in [6.07, 6.45) is 0. The maximum atomic E-state index is 8.92. The predicted molar refractivity (Wildman–Crippen MR) is 109 cm³/mol. The van der Waals surface area contributed by atoms with Gasteiger partial charge >= 0.3 is 0 Å². The van der Waals surface area contributed by atoms with Gasteiger partial charge in [0.25, 0.3) is 0 Å². The average molecular weight is 396 g/mol. The zero-order valence-electron chi connectivity index (χ0n) is 26.2. The first-order valence-electron chi connectivity index (χ1n) is 14.3. The molecule has 0 unspecified atom stereocenters. The lowest BCUT2D eigenvalue weighted by molar-refractivity contribution is 0.0652. The Labute approximate surface area is 181 Å². The van der Waals surface area contributed by atoms with Gasteiger partial charge in [0, 0.05) is 53.4 Å². The molecule has 1 fully saturated rings. The van der Waals surface area contributed by atoms with E-state index in [0.29, 0.717) is 14.7 Å². The summed E-state index contributed by atoms with van der Waals surface area (Å²) in [5.74, 6) is -0.527. The molecule has 0 atom stereocenters. The average Bonchev–Trinajstić information content (AvgIpc) is 3.02. The molecule has 2 aliphatic rings. The molecular weight excluding hydrogens is 358 g/mol. The molecule has 0 spiro atoms. The highest BCUT2D eigenvalue weighted by Crippen LogP contribution is 2.40. The Balaban J connectivity index is 1.99. The highest BCUT2D eigenvalue weighted by Gasteiger charge is 2.24. The van der Waals surface area contributed by atoms with Crippen molar-refractivity contribution in [1.82, 2.24) is 9.80 Å². The Hall–Kier alpha value is -1.86. The van der Waals surface area contributed by atoms with Gasteiger partial charge in [-0.3, -0.25) is 4.90 Å². The van der Waals surface area contributed by atoms with Crippen molar-refractivity contribution < 1.29 is 26.3 Å². The van der Waals surface area contributed by atoms with E-state index in [1.165, 1.54) is 6.07 Å². The molecule has 0 aliphatic carbocycles. The highest BCUT2D eigenvalue weighted by molar-refractivity contribution is 7.99. The molecule has 2 aromatic carbocycles. The predicted octanol–water partition coefficient (Wildman–Crippen LogP) is 2.86. The maximum absolute atomic E-state index is 8.92. The topological polar surface area (TPSA) is 48.3 Å². The smallest absolute Gasteiger partial charge is 0.137 e. The Morgan fingerprint density at radius 1 is 1.11 bits per heavy atom. The zero-order valence-corrected chi connectivity index (χ0v) is 15.1. The van der Waals surface area contributed by atoms with Crippen LogP contribution in [0.4, 0.5) is 5.69 Å². The molecule has 0 radical (unpaired) electrons. The van der Waals surface area contributed by atoms with E-state index < -0.39 is 62.5 Å². The van der Waals surface area contributed by atoms with Crippen molar-refractivity contribution in [3.8, 4) is 0 Å². The monoisotopic (exact) mass is 395 g/mol. The van der Waals surface area contributed by atoms with Gasteiger partial charge < -0.3 is 14.7 Å². The number of piperazine rings is 1. The molecule has 5 nitrogen and oxygen atoms in total. The van der Waals surface area contributed by atoms with E-state index in [0.717, 1.165) is 11.8 Å². The van der Waals surface area contributed by atoms with Gasteiger partial charge in [-0.25, -0.2) is 4.99 Å². The first-order valence-corrected chi connectivity index (χ1v) is 9.08. The third kappa shape index (κ3) is 4.35. The van der Waals surface area contributed by atoms with Crippen molar-refractivity contribution >= 4 is 23.3 Å². The minimum Gasteiger partial charge on any atom is -0.394 e. The fourth-order valence-electron chi connectivity index (χ4n) is 2.45. The van der Waals surface area contributed by atoms with E-state index in [4.69, 9.17) is 26.3 Å². The summed E-state index contributed by atoms with van der Waals surface area (Å²) in [5, 5.41) is 8.92. The Bertz CT molecular complexity index is 1300. The summed E-state index contributed by atoms with van der Waals surface area (Å²) in [7, 11) is 0. The fraction of sp³-hybridized carbons (Fsp3) is 0.381. The van der Waals surface area contributed by atoms with Crippen molar-refractivity contribution in [2.45, 2.75) is 9.79 Å². The summed E-state index contributed by atoms with van der Waals surface area (Å²) in [4.78, 5) is 5.36. The minimum atomic E-state index is -3.26. The van der Waals surface area contributed by atoms with E-state index in [1.54, 1.807) is 18.2 Å². The lowest BCUT2D eigenvalue weighted by Gasteiger charge is -2.36. The molecule has 4 rings (SSSR count). The van der Waals surface area contributed by atoms with Gasteiger partial charge in [0.15, 0.2) is 0 Å². The van der Waals surface area contributed by atoms with E-state index in [9.17, 15) is 0 Å². The normalized spacial score (nSPS) is 31.0. The van der Waals surface area contributed by atoms with Crippen LogP contribution >= 0.6 is 11.8 Å². The largest absolute Gasteiger partial charge is 0.394 e. The van der Waals surface area contributed by atoms with Crippen LogP contribution in [0.5, 0.6) is 0 Å². The second-order valence-electron chi connectivity index (χ2n) is 5.48. The summed E-state index contributed by atoms with van der Waals surface area (Å²) in [6.45, 7) is -14.1. The van der Waals surface area contributed by atoms with Crippen LogP contribution in [0.2, 0.25) is 0 Å². The standard InChI is InChI=1S/C21H25N3O2S/c25-14-16-26-15-13-23-9-11-24(12-10-23)21-17-5-1-3-7-19(17)27-20-8-4-2-6-18(20)22-21/h1-8,25H,9-16H2/i2D,4D,6D,8D,9D2,10D2,11D2,12D2. The van der Waals surface area contributed by atoms with Crippen LogP contribution in [0.3, 0.4) is 0 Å². The molecule has 2 aliphatic heterocycles. The molecule has 0 amide bonds. The minimum absolute atomic E-state index is 0.00950. The Morgan fingerprint density at radius 2 is 1.93 bits per heavy atom. The lowest BCUT2D eigenvalue weighted by atomic mass is 10.1. The van der Waals surface area contributed by atoms with Gasteiger partial charge in [-0.1, -0.05) is 42.0 Å². The van der Waals surface area contributed by atoms with Gasteiger partial charge in [0.05, 0.1) is 36.5 Å². The molecule has 2 aromatic rings. The molecule has 1 saturated heterocycles. The van der Waals surface area contributed by atoms with Gasteiger partial charge in [-0.2, -0.15) is 0 Å². The zero-order chi connectivity index (χ0) is 29.1. The lowest BCUT2D eigenvalue weighted by Crippen LogP contribution is -2.49. The van der Waals surface area contributed by atoms with Crippen molar-refractivity contribution in [1.29, 1.82) is 0 Å². The number of aliphatic hydroxyl groups is 1. The van der Waals surface area contributed by atoms with Crippen LogP contribution in [0, 0.1) is 0 Å². The van der Waals surface area contributed by atoms with Crippen LogP contribution in [0.25, 0.3) is 0 Å². The SMILES string of the molecule is [2H]c1c([2H])c([2H])c2c(c1[2H])N=C(N1C([2H])([2H])C([2H])([2H])N(CCOCCO)C([2H])([2H])C1([2H])[2H])c1ccccc1S2. The number of hydrogen-bond acceptors (Lipinski definition) is 6. The molecule has 6 heteroatoms. The number of amidine groups is 1. The molecular formula is C21H25N3O2S. The second-order valence-corrected chi connectivity index (χ2v) is 6.53. The molecule has 0 aromatic heterocycles. The van der Waals surface area contributed by atoms with Crippen LogP contribution in [-0.4, -0.2) is 73.1 Å². The van der Waals surface area contributed by atoms with Crippen LogP contribution in [0.15, 0.2) is 63.2 Å². The van der Waals surface area contributed by atoms with Crippen molar-refractivity contribution in [3.63, 3.8) is 0 Å². The molecule has 1 N–H and O–H groups in total. The summed E-state index contributed by atoms with van der Waals surface area (Å²) < 4.78 is 108. The van der Waals surface area contributed by atoms with Crippen molar-refractivity contribution in [2.75, 3.05) is 52.4 Å². The van der Waals surface area contributed by atoms with Gasteiger partial charge in [0.2, 0.25) is 0 Å². The molecule has 0 saturated carbocycles. The number of aliphatic imine (C=N–C) groups is 1. The number of rotatable bonds is 5. The fourth-order valence-corrected chi connectivity index (χ4v) is 3.38. The summed E-state index contributed by atoms with van der Waals surface area (Å²) >= 11 is 0.919. The Morgan fingerprint density at radius 3 is 2.78 bits per heavy atom. The highest BCUT2D eigenvalue weighted by atomic mass is 32.2. The number of hydrogen-bond donors (Lipinski definition) is 1. The molecule has 27 heavy (non-hydrogen) atoms. The number of ether oxygens (including phenoxy) is 1.